The van der Waals surface area contributed by atoms with Gasteiger partial charge in [-0.3, -0.25) is 15.0 Å². The van der Waals surface area contributed by atoms with Crippen LogP contribution in [-0.2, 0) is 0 Å². The first kappa shape index (κ1) is 14.3. The highest BCUT2D eigenvalue weighted by atomic mass is 79.9. The zero-order valence-electron chi connectivity index (χ0n) is 12.4. The molecule has 2 heterocycles. The SMILES string of the molecule is CC(C)(C)N1CCN=C1Nc1ccc2nccnc2c1Br. The molecule has 0 fully saturated rings. The van der Waals surface area contributed by atoms with Gasteiger partial charge in [0.15, 0.2) is 5.96 Å². The van der Waals surface area contributed by atoms with Gasteiger partial charge in [0.2, 0.25) is 0 Å². The highest BCUT2D eigenvalue weighted by Crippen LogP contribution is 2.30. The van der Waals surface area contributed by atoms with Crippen molar-refractivity contribution in [2.24, 2.45) is 4.99 Å². The second-order valence-corrected chi connectivity index (χ2v) is 6.80. The Kier molecular flexibility index (Phi) is 3.57. The summed E-state index contributed by atoms with van der Waals surface area (Å²) in [6.07, 6.45) is 3.40. The molecule has 1 aromatic heterocycles. The lowest BCUT2D eigenvalue weighted by Crippen LogP contribution is -2.46. The Morgan fingerprint density at radius 1 is 1.19 bits per heavy atom. The monoisotopic (exact) mass is 347 g/mol. The summed E-state index contributed by atoms with van der Waals surface area (Å²) in [5.74, 6) is 0.909. The number of guanidine groups is 1. The van der Waals surface area contributed by atoms with Crippen LogP contribution in [0.15, 0.2) is 34.0 Å². The number of nitrogens with one attached hydrogen (secondary N) is 1. The average molecular weight is 348 g/mol. The summed E-state index contributed by atoms with van der Waals surface area (Å²) in [7, 11) is 0. The van der Waals surface area contributed by atoms with Crippen LogP contribution in [0.1, 0.15) is 20.8 Å². The Morgan fingerprint density at radius 3 is 2.71 bits per heavy atom. The third-order valence-electron chi connectivity index (χ3n) is 3.48. The van der Waals surface area contributed by atoms with Crippen molar-refractivity contribution in [3.05, 3.63) is 29.0 Å². The van der Waals surface area contributed by atoms with Crippen molar-refractivity contribution in [1.29, 1.82) is 0 Å². The van der Waals surface area contributed by atoms with Gasteiger partial charge in [-0.25, -0.2) is 0 Å². The standard InChI is InChI=1S/C15H18BrN5/c1-15(2,3)21-9-8-19-14(21)20-10-4-5-11-13(12(10)16)18-7-6-17-11/h4-7H,8-9H2,1-3H3,(H,19,20). The normalized spacial score (nSPS) is 15.4. The minimum atomic E-state index is 0.0471. The number of halogens is 1. The fraction of sp³-hybridized carbons (Fsp3) is 0.400. The first-order valence-electron chi connectivity index (χ1n) is 6.95. The van der Waals surface area contributed by atoms with Gasteiger partial charge < -0.3 is 10.2 Å². The lowest BCUT2D eigenvalue weighted by atomic mass is 10.1. The van der Waals surface area contributed by atoms with Crippen molar-refractivity contribution in [1.82, 2.24) is 14.9 Å². The molecule has 0 saturated heterocycles. The number of hydrogen-bond acceptors (Lipinski definition) is 5. The van der Waals surface area contributed by atoms with Gasteiger partial charge in [-0.15, -0.1) is 0 Å². The molecular weight excluding hydrogens is 330 g/mol. The molecule has 6 heteroatoms. The number of hydrogen-bond donors (Lipinski definition) is 1. The summed E-state index contributed by atoms with van der Waals surface area (Å²) in [5.41, 5.74) is 2.73. The van der Waals surface area contributed by atoms with Gasteiger partial charge in [0.25, 0.3) is 0 Å². The van der Waals surface area contributed by atoms with Crippen molar-refractivity contribution in [3.63, 3.8) is 0 Å². The summed E-state index contributed by atoms with van der Waals surface area (Å²) in [4.78, 5) is 15.5. The molecule has 0 aliphatic carbocycles. The Labute approximate surface area is 132 Å². The molecule has 1 aromatic carbocycles. The minimum Gasteiger partial charge on any atom is -0.336 e. The molecule has 1 N–H and O–H groups in total. The van der Waals surface area contributed by atoms with E-state index in [1.807, 2.05) is 12.1 Å². The number of fused-ring (bicyclic) bond motifs is 1. The van der Waals surface area contributed by atoms with Crippen molar-refractivity contribution < 1.29 is 0 Å². The molecule has 0 radical (unpaired) electrons. The summed E-state index contributed by atoms with van der Waals surface area (Å²) >= 11 is 3.62. The van der Waals surface area contributed by atoms with Crippen molar-refractivity contribution in [2.75, 3.05) is 18.4 Å². The molecule has 0 amide bonds. The van der Waals surface area contributed by atoms with Crippen molar-refractivity contribution in [2.45, 2.75) is 26.3 Å². The Hall–Kier alpha value is -1.69. The molecule has 5 nitrogen and oxygen atoms in total. The molecule has 110 valence electrons. The molecule has 0 saturated carbocycles. The summed E-state index contributed by atoms with van der Waals surface area (Å²) < 4.78 is 0.913. The topological polar surface area (TPSA) is 53.4 Å². The van der Waals surface area contributed by atoms with E-state index in [4.69, 9.17) is 0 Å². The average Bonchev–Trinajstić information content (AvgIpc) is 2.90. The summed E-state index contributed by atoms with van der Waals surface area (Å²) in [6.45, 7) is 8.34. The van der Waals surface area contributed by atoms with Crippen LogP contribution in [0.2, 0.25) is 0 Å². The zero-order chi connectivity index (χ0) is 15.0. The van der Waals surface area contributed by atoms with Crippen molar-refractivity contribution >= 4 is 38.6 Å². The second-order valence-electron chi connectivity index (χ2n) is 6.00. The predicted octanol–water partition coefficient (Wildman–Crippen LogP) is 3.27. The maximum absolute atomic E-state index is 4.57. The molecule has 1 aliphatic heterocycles. The molecule has 3 rings (SSSR count). The van der Waals surface area contributed by atoms with Crippen LogP contribution < -0.4 is 5.32 Å². The van der Waals surface area contributed by atoms with E-state index in [1.165, 1.54) is 0 Å². The van der Waals surface area contributed by atoms with Gasteiger partial charge in [-0.2, -0.15) is 0 Å². The number of benzene rings is 1. The largest absolute Gasteiger partial charge is 0.336 e. The van der Waals surface area contributed by atoms with Crippen LogP contribution in [-0.4, -0.2) is 39.5 Å². The van der Waals surface area contributed by atoms with E-state index < -0.39 is 0 Å². The van der Waals surface area contributed by atoms with Crippen LogP contribution in [0.5, 0.6) is 0 Å². The number of rotatable bonds is 1. The van der Waals surface area contributed by atoms with Crippen LogP contribution in [0.25, 0.3) is 11.0 Å². The van der Waals surface area contributed by atoms with Crippen LogP contribution in [0, 0.1) is 0 Å². The third-order valence-corrected chi connectivity index (χ3v) is 4.28. The van der Waals surface area contributed by atoms with Gasteiger partial charge >= 0.3 is 0 Å². The fourth-order valence-electron chi connectivity index (χ4n) is 2.43. The van der Waals surface area contributed by atoms with E-state index in [-0.39, 0.29) is 5.54 Å². The predicted molar refractivity (Wildman–Crippen MR) is 89.6 cm³/mol. The first-order chi connectivity index (χ1) is 9.97. The van der Waals surface area contributed by atoms with Crippen LogP contribution in [0.3, 0.4) is 0 Å². The molecule has 0 spiro atoms. The molecule has 21 heavy (non-hydrogen) atoms. The van der Waals surface area contributed by atoms with Gasteiger partial charge in [-0.05, 0) is 48.8 Å². The third kappa shape index (κ3) is 2.72. The van der Waals surface area contributed by atoms with E-state index in [0.717, 1.165) is 40.2 Å². The number of aliphatic imine (C=N–C) groups is 1. The van der Waals surface area contributed by atoms with Crippen LogP contribution >= 0.6 is 15.9 Å². The highest BCUT2D eigenvalue weighted by Gasteiger charge is 2.28. The number of anilines is 1. The first-order valence-corrected chi connectivity index (χ1v) is 7.74. The maximum atomic E-state index is 4.57. The zero-order valence-corrected chi connectivity index (χ0v) is 14.0. The maximum Gasteiger partial charge on any atom is 0.199 e. The Bertz CT molecular complexity index is 705. The van der Waals surface area contributed by atoms with E-state index in [2.05, 4.69) is 61.9 Å². The lowest BCUT2D eigenvalue weighted by Gasteiger charge is -2.34. The van der Waals surface area contributed by atoms with Crippen LogP contribution in [0.4, 0.5) is 5.69 Å². The van der Waals surface area contributed by atoms with Gasteiger partial charge in [0.05, 0.1) is 22.2 Å². The van der Waals surface area contributed by atoms with Gasteiger partial charge in [0.1, 0.15) is 5.52 Å². The number of aromatic nitrogens is 2. The fourth-order valence-corrected chi connectivity index (χ4v) is 2.96. The molecule has 0 unspecified atom stereocenters. The Morgan fingerprint density at radius 2 is 1.95 bits per heavy atom. The number of nitrogens with zero attached hydrogens (tertiary/aromatic N) is 4. The second kappa shape index (κ2) is 5.26. The highest BCUT2D eigenvalue weighted by molar-refractivity contribution is 9.10. The molecule has 0 atom stereocenters. The smallest absolute Gasteiger partial charge is 0.199 e. The van der Waals surface area contributed by atoms with Gasteiger partial charge in [0, 0.05) is 24.5 Å². The van der Waals surface area contributed by atoms with E-state index in [1.54, 1.807) is 12.4 Å². The Balaban J connectivity index is 1.94. The molecule has 1 aliphatic rings. The quantitative estimate of drug-likeness (QED) is 0.859. The van der Waals surface area contributed by atoms with E-state index in [9.17, 15) is 0 Å². The molecule has 0 bridgehead atoms. The van der Waals surface area contributed by atoms with Crippen molar-refractivity contribution in [3.8, 4) is 0 Å². The molecule has 2 aromatic rings. The van der Waals surface area contributed by atoms with Gasteiger partial charge in [-0.1, -0.05) is 0 Å². The lowest BCUT2D eigenvalue weighted by molar-refractivity contribution is 0.257. The van der Waals surface area contributed by atoms with E-state index >= 15 is 0 Å². The van der Waals surface area contributed by atoms with E-state index in [0.29, 0.717) is 0 Å². The minimum absolute atomic E-state index is 0.0471. The molecular formula is C15H18BrN5. The summed E-state index contributed by atoms with van der Waals surface area (Å²) in [5, 5.41) is 3.42. The summed E-state index contributed by atoms with van der Waals surface area (Å²) in [6, 6.07) is 3.97.